The summed E-state index contributed by atoms with van der Waals surface area (Å²) in [5.41, 5.74) is 1.82. The number of piperidine rings is 1. The van der Waals surface area contributed by atoms with Crippen molar-refractivity contribution in [3.63, 3.8) is 0 Å². The highest BCUT2D eigenvalue weighted by molar-refractivity contribution is 5.94. The van der Waals surface area contributed by atoms with Crippen LogP contribution in [0.1, 0.15) is 82.6 Å². The molecule has 6 heteroatoms. The van der Waals surface area contributed by atoms with Gasteiger partial charge in [-0.3, -0.25) is 14.4 Å². The van der Waals surface area contributed by atoms with Crippen molar-refractivity contribution in [3.8, 4) is 0 Å². The molecule has 3 amide bonds. The summed E-state index contributed by atoms with van der Waals surface area (Å²) in [6.07, 6.45) is 3.56. The summed E-state index contributed by atoms with van der Waals surface area (Å²) in [5, 5.41) is 5.86. The van der Waals surface area contributed by atoms with Gasteiger partial charge in [0.2, 0.25) is 11.8 Å². The molecule has 0 unspecified atom stereocenters. The molecule has 2 N–H and O–H groups in total. The van der Waals surface area contributed by atoms with Crippen molar-refractivity contribution >= 4 is 17.7 Å². The largest absolute Gasteiger partial charge is 0.353 e. The molecule has 6 nitrogen and oxygen atoms in total. The Morgan fingerprint density at radius 1 is 1.03 bits per heavy atom. The van der Waals surface area contributed by atoms with Gasteiger partial charge in [-0.25, -0.2) is 0 Å². The monoisotopic (exact) mass is 429 g/mol. The standard InChI is InChI=1S/C25H39N3O3/c1-6-18(7-2)24(31)28-16-13-21(14-17-28)27-22(29)12-15-26-23(30)19-8-10-20(11-9-19)25(3,4)5/h8-11,18,21H,6-7,12-17H2,1-5H3,(H,26,30)(H,27,29). The van der Waals surface area contributed by atoms with Crippen LogP contribution < -0.4 is 10.6 Å². The molecule has 0 aliphatic carbocycles. The normalized spacial score (nSPS) is 15.1. The van der Waals surface area contributed by atoms with Crippen molar-refractivity contribution < 1.29 is 14.4 Å². The third-order valence-corrected chi connectivity index (χ3v) is 6.16. The van der Waals surface area contributed by atoms with E-state index in [1.165, 1.54) is 5.56 Å². The number of hydrogen-bond donors (Lipinski definition) is 2. The van der Waals surface area contributed by atoms with E-state index in [1.54, 1.807) is 0 Å². The Labute approximate surface area is 187 Å². The maximum atomic E-state index is 12.5. The lowest BCUT2D eigenvalue weighted by molar-refractivity contribution is -0.137. The zero-order valence-electron chi connectivity index (χ0n) is 19.8. The number of carbonyl (C=O) groups excluding carboxylic acids is 3. The van der Waals surface area contributed by atoms with Gasteiger partial charge in [0.15, 0.2) is 0 Å². The Morgan fingerprint density at radius 3 is 2.13 bits per heavy atom. The minimum absolute atomic E-state index is 0.0459. The molecule has 0 bridgehead atoms. The summed E-state index contributed by atoms with van der Waals surface area (Å²) in [6.45, 7) is 12.2. The molecule has 2 rings (SSSR count). The summed E-state index contributed by atoms with van der Waals surface area (Å²) >= 11 is 0. The fraction of sp³-hybridized carbons (Fsp3) is 0.640. The van der Waals surface area contributed by atoms with E-state index >= 15 is 0 Å². The smallest absolute Gasteiger partial charge is 0.251 e. The summed E-state index contributed by atoms with van der Waals surface area (Å²) in [4.78, 5) is 39.0. The van der Waals surface area contributed by atoms with Gasteiger partial charge in [0.1, 0.15) is 0 Å². The molecule has 0 aromatic heterocycles. The van der Waals surface area contributed by atoms with E-state index in [0.29, 0.717) is 25.2 Å². The van der Waals surface area contributed by atoms with Crippen LogP contribution in [0.5, 0.6) is 0 Å². The highest BCUT2D eigenvalue weighted by atomic mass is 16.2. The third kappa shape index (κ3) is 7.37. The highest BCUT2D eigenvalue weighted by Crippen LogP contribution is 2.22. The fourth-order valence-electron chi connectivity index (χ4n) is 3.95. The Bertz CT molecular complexity index is 740. The van der Waals surface area contributed by atoms with Crippen molar-refractivity contribution in [2.75, 3.05) is 19.6 Å². The molecule has 31 heavy (non-hydrogen) atoms. The van der Waals surface area contributed by atoms with E-state index < -0.39 is 0 Å². The molecular weight excluding hydrogens is 390 g/mol. The van der Waals surface area contributed by atoms with E-state index in [4.69, 9.17) is 0 Å². The maximum absolute atomic E-state index is 12.5. The molecule has 0 radical (unpaired) electrons. The highest BCUT2D eigenvalue weighted by Gasteiger charge is 2.27. The van der Waals surface area contributed by atoms with E-state index in [-0.39, 0.29) is 41.5 Å². The maximum Gasteiger partial charge on any atom is 0.251 e. The first-order valence-corrected chi connectivity index (χ1v) is 11.6. The first-order valence-electron chi connectivity index (χ1n) is 11.6. The van der Waals surface area contributed by atoms with Crippen LogP contribution in [-0.4, -0.2) is 48.3 Å². The predicted octanol–water partition coefficient (Wildman–Crippen LogP) is 3.65. The average molecular weight is 430 g/mol. The quantitative estimate of drug-likeness (QED) is 0.662. The number of amides is 3. The molecule has 1 fully saturated rings. The summed E-state index contributed by atoms with van der Waals surface area (Å²) in [6, 6.07) is 7.70. The second-order valence-corrected chi connectivity index (χ2v) is 9.51. The average Bonchev–Trinajstić information content (AvgIpc) is 2.74. The topological polar surface area (TPSA) is 78.5 Å². The number of likely N-dealkylation sites (tertiary alicyclic amines) is 1. The molecule has 1 aromatic carbocycles. The second kappa shape index (κ2) is 11.3. The predicted molar refractivity (Wildman–Crippen MR) is 124 cm³/mol. The first kappa shape index (κ1) is 24.9. The lowest BCUT2D eigenvalue weighted by Gasteiger charge is -2.34. The van der Waals surface area contributed by atoms with Gasteiger partial charge in [-0.1, -0.05) is 46.8 Å². The Kier molecular flexibility index (Phi) is 9.08. The van der Waals surface area contributed by atoms with Crippen LogP contribution in [0.3, 0.4) is 0 Å². The van der Waals surface area contributed by atoms with Gasteiger partial charge in [0, 0.05) is 43.6 Å². The van der Waals surface area contributed by atoms with Gasteiger partial charge in [-0.15, -0.1) is 0 Å². The molecular formula is C25H39N3O3. The minimum Gasteiger partial charge on any atom is -0.353 e. The van der Waals surface area contributed by atoms with E-state index in [9.17, 15) is 14.4 Å². The molecule has 1 saturated heterocycles. The van der Waals surface area contributed by atoms with Crippen LogP contribution in [0, 0.1) is 5.92 Å². The lowest BCUT2D eigenvalue weighted by atomic mass is 9.87. The Hall–Kier alpha value is -2.37. The molecule has 1 aliphatic heterocycles. The zero-order valence-corrected chi connectivity index (χ0v) is 19.8. The van der Waals surface area contributed by atoms with Crippen molar-refractivity contribution in [2.45, 2.75) is 78.2 Å². The van der Waals surface area contributed by atoms with Gasteiger partial charge < -0.3 is 15.5 Å². The van der Waals surface area contributed by atoms with Crippen LogP contribution >= 0.6 is 0 Å². The third-order valence-electron chi connectivity index (χ3n) is 6.16. The van der Waals surface area contributed by atoms with Gasteiger partial charge >= 0.3 is 0 Å². The summed E-state index contributed by atoms with van der Waals surface area (Å²) < 4.78 is 0. The van der Waals surface area contributed by atoms with Crippen molar-refractivity contribution in [2.24, 2.45) is 5.92 Å². The lowest BCUT2D eigenvalue weighted by Crippen LogP contribution is -2.48. The van der Waals surface area contributed by atoms with E-state index in [1.807, 2.05) is 29.2 Å². The van der Waals surface area contributed by atoms with Gasteiger partial charge in [-0.05, 0) is 48.8 Å². The van der Waals surface area contributed by atoms with Crippen LogP contribution in [0.2, 0.25) is 0 Å². The van der Waals surface area contributed by atoms with Crippen LogP contribution in [0.25, 0.3) is 0 Å². The molecule has 1 heterocycles. The number of nitrogens with zero attached hydrogens (tertiary/aromatic N) is 1. The molecule has 0 saturated carbocycles. The van der Waals surface area contributed by atoms with Crippen LogP contribution in [0.4, 0.5) is 0 Å². The summed E-state index contributed by atoms with van der Waals surface area (Å²) in [5.74, 6) is 0.127. The number of rotatable bonds is 8. The van der Waals surface area contributed by atoms with Crippen LogP contribution in [0.15, 0.2) is 24.3 Å². The second-order valence-electron chi connectivity index (χ2n) is 9.51. The zero-order chi connectivity index (χ0) is 23.0. The number of hydrogen-bond acceptors (Lipinski definition) is 3. The molecule has 1 aliphatic rings. The van der Waals surface area contributed by atoms with Crippen LogP contribution in [-0.2, 0) is 15.0 Å². The van der Waals surface area contributed by atoms with Gasteiger partial charge in [-0.2, -0.15) is 0 Å². The first-order chi connectivity index (χ1) is 14.7. The molecule has 0 atom stereocenters. The summed E-state index contributed by atoms with van der Waals surface area (Å²) in [7, 11) is 0. The van der Waals surface area contributed by atoms with Crippen molar-refractivity contribution in [1.82, 2.24) is 15.5 Å². The minimum atomic E-state index is -0.165. The van der Waals surface area contributed by atoms with E-state index in [0.717, 1.165) is 25.7 Å². The van der Waals surface area contributed by atoms with Gasteiger partial charge in [0.25, 0.3) is 5.91 Å². The van der Waals surface area contributed by atoms with Gasteiger partial charge in [0.05, 0.1) is 0 Å². The number of benzene rings is 1. The number of carbonyl (C=O) groups is 3. The van der Waals surface area contributed by atoms with Crippen molar-refractivity contribution in [1.29, 1.82) is 0 Å². The number of nitrogens with one attached hydrogen (secondary N) is 2. The molecule has 1 aromatic rings. The fourth-order valence-corrected chi connectivity index (χ4v) is 3.95. The molecule has 0 spiro atoms. The van der Waals surface area contributed by atoms with Crippen molar-refractivity contribution in [3.05, 3.63) is 35.4 Å². The van der Waals surface area contributed by atoms with E-state index in [2.05, 4.69) is 45.3 Å². The SMILES string of the molecule is CCC(CC)C(=O)N1CCC(NC(=O)CCNC(=O)c2ccc(C(C)(C)C)cc2)CC1. The Morgan fingerprint density at radius 2 is 1.61 bits per heavy atom. The Balaban J connectivity index is 1.69. The molecule has 172 valence electrons.